The van der Waals surface area contributed by atoms with Crippen molar-refractivity contribution in [1.82, 2.24) is 5.43 Å². The normalized spacial score (nSPS) is 14.8. The van der Waals surface area contributed by atoms with Crippen molar-refractivity contribution in [2.75, 3.05) is 6.61 Å². The van der Waals surface area contributed by atoms with Gasteiger partial charge in [0, 0.05) is 12.0 Å². The number of hydrogen-bond donors (Lipinski definition) is 2. The molecule has 0 unspecified atom stereocenters. The Morgan fingerprint density at radius 2 is 1.76 bits per heavy atom. The summed E-state index contributed by atoms with van der Waals surface area (Å²) < 4.78 is 5.58. The number of nitrogens with zero attached hydrogens (tertiary/aromatic N) is 1. The number of rotatable bonds is 2. The Morgan fingerprint density at radius 3 is 2.60 bits per heavy atom. The van der Waals surface area contributed by atoms with Gasteiger partial charge < -0.3 is 9.84 Å². The standard InChI is InChI=1S/C20H16N2O3/c23-18-12-14-6-2-1-5-13(14)11-16(18)20(24)22-21-17-9-10-25-19-8-4-3-7-15(17)19/h1-8,11-12,23H,9-10H2,(H,22,24)/b21-17-. The van der Waals surface area contributed by atoms with E-state index in [1.807, 2.05) is 48.5 Å². The third-order valence-corrected chi connectivity index (χ3v) is 4.20. The Hall–Kier alpha value is -3.34. The Bertz CT molecular complexity index is 995. The van der Waals surface area contributed by atoms with E-state index in [0.717, 1.165) is 27.8 Å². The predicted octanol–water partition coefficient (Wildman–Crippen LogP) is 3.46. The monoisotopic (exact) mass is 332 g/mol. The third-order valence-electron chi connectivity index (χ3n) is 4.20. The summed E-state index contributed by atoms with van der Waals surface area (Å²) in [5.74, 6) is 0.249. The van der Waals surface area contributed by atoms with E-state index in [-0.39, 0.29) is 11.3 Å². The van der Waals surface area contributed by atoms with Gasteiger partial charge >= 0.3 is 0 Å². The molecule has 0 bridgehead atoms. The van der Waals surface area contributed by atoms with E-state index in [4.69, 9.17) is 4.74 Å². The van der Waals surface area contributed by atoms with Gasteiger partial charge in [-0.2, -0.15) is 5.10 Å². The van der Waals surface area contributed by atoms with Crippen LogP contribution in [0.1, 0.15) is 22.3 Å². The van der Waals surface area contributed by atoms with E-state index in [1.54, 1.807) is 12.1 Å². The molecule has 0 aliphatic carbocycles. The minimum atomic E-state index is -0.445. The highest BCUT2D eigenvalue weighted by Gasteiger charge is 2.17. The number of aromatic hydroxyl groups is 1. The predicted molar refractivity (Wildman–Crippen MR) is 96.2 cm³/mol. The molecule has 0 spiro atoms. The van der Waals surface area contributed by atoms with Crippen LogP contribution in [0, 0.1) is 0 Å². The van der Waals surface area contributed by atoms with Crippen LogP contribution >= 0.6 is 0 Å². The second-order valence-electron chi connectivity index (χ2n) is 5.81. The smallest absolute Gasteiger partial charge is 0.275 e. The molecule has 5 heteroatoms. The molecule has 0 aromatic heterocycles. The molecular formula is C20H16N2O3. The van der Waals surface area contributed by atoms with Crippen LogP contribution in [0.4, 0.5) is 0 Å². The van der Waals surface area contributed by atoms with Crippen molar-refractivity contribution in [3.05, 3.63) is 71.8 Å². The van der Waals surface area contributed by atoms with E-state index < -0.39 is 5.91 Å². The van der Waals surface area contributed by atoms with Gasteiger partial charge in [0.25, 0.3) is 5.91 Å². The number of carbonyl (C=O) groups is 1. The van der Waals surface area contributed by atoms with Gasteiger partial charge in [-0.1, -0.05) is 36.4 Å². The molecule has 124 valence electrons. The molecule has 5 nitrogen and oxygen atoms in total. The third kappa shape index (κ3) is 2.92. The average Bonchev–Trinajstić information content (AvgIpc) is 2.65. The van der Waals surface area contributed by atoms with Crippen LogP contribution < -0.4 is 10.2 Å². The van der Waals surface area contributed by atoms with Gasteiger partial charge in [0.05, 0.1) is 17.9 Å². The van der Waals surface area contributed by atoms with Gasteiger partial charge in [0.15, 0.2) is 0 Å². The first-order valence-electron chi connectivity index (χ1n) is 8.03. The van der Waals surface area contributed by atoms with Gasteiger partial charge in [0.1, 0.15) is 11.5 Å². The Labute approximate surface area is 144 Å². The second-order valence-corrected chi connectivity index (χ2v) is 5.81. The van der Waals surface area contributed by atoms with Crippen molar-refractivity contribution in [3.63, 3.8) is 0 Å². The number of ether oxygens (including phenoxy) is 1. The average molecular weight is 332 g/mol. The number of benzene rings is 3. The number of carbonyl (C=O) groups excluding carboxylic acids is 1. The van der Waals surface area contributed by atoms with Gasteiger partial charge in [-0.05, 0) is 35.0 Å². The van der Waals surface area contributed by atoms with Crippen LogP contribution in [0.3, 0.4) is 0 Å². The molecule has 1 aliphatic rings. The quantitative estimate of drug-likeness (QED) is 0.706. The number of hydrazone groups is 1. The van der Waals surface area contributed by atoms with E-state index >= 15 is 0 Å². The fourth-order valence-corrected chi connectivity index (χ4v) is 2.93. The molecule has 2 N–H and O–H groups in total. The van der Waals surface area contributed by atoms with E-state index in [9.17, 15) is 9.90 Å². The highest BCUT2D eigenvalue weighted by Crippen LogP contribution is 2.26. The van der Waals surface area contributed by atoms with Crippen LogP contribution in [0.15, 0.2) is 65.8 Å². The summed E-state index contributed by atoms with van der Waals surface area (Å²) >= 11 is 0. The summed E-state index contributed by atoms with van der Waals surface area (Å²) in [5, 5.41) is 16.2. The van der Waals surface area contributed by atoms with Crippen molar-refractivity contribution in [2.45, 2.75) is 6.42 Å². The lowest BCUT2D eigenvalue weighted by Crippen LogP contribution is -2.23. The maximum atomic E-state index is 12.5. The summed E-state index contributed by atoms with van der Waals surface area (Å²) in [4.78, 5) is 12.5. The summed E-state index contributed by atoms with van der Waals surface area (Å²) in [6, 6.07) is 18.4. The van der Waals surface area contributed by atoms with Crippen LogP contribution in [0.2, 0.25) is 0 Å². The number of phenols is 1. The van der Waals surface area contributed by atoms with Crippen LogP contribution in [0.5, 0.6) is 11.5 Å². The number of para-hydroxylation sites is 1. The maximum Gasteiger partial charge on any atom is 0.275 e. The van der Waals surface area contributed by atoms with Crippen molar-refractivity contribution in [2.24, 2.45) is 5.10 Å². The molecule has 25 heavy (non-hydrogen) atoms. The van der Waals surface area contributed by atoms with Crippen LogP contribution in [-0.2, 0) is 0 Å². The molecule has 1 aliphatic heterocycles. The van der Waals surface area contributed by atoms with Gasteiger partial charge in [0.2, 0.25) is 0 Å². The molecule has 1 heterocycles. The number of amides is 1. The Balaban J connectivity index is 1.62. The summed E-state index contributed by atoms with van der Waals surface area (Å²) in [6.45, 7) is 0.521. The zero-order valence-corrected chi connectivity index (χ0v) is 13.4. The van der Waals surface area contributed by atoms with Crippen molar-refractivity contribution < 1.29 is 14.6 Å². The first kappa shape index (κ1) is 15.2. The molecule has 4 rings (SSSR count). The van der Waals surface area contributed by atoms with E-state index in [2.05, 4.69) is 10.5 Å². The molecule has 0 fully saturated rings. The number of fused-ring (bicyclic) bond motifs is 2. The molecule has 1 amide bonds. The van der Waals surface area contributed by atoms with Crippen LogP contribution in [0.25, 0.3) is 10.8 Å². The summed E-state index contributed by atoms with van der Waals surface area (Å²) in [5.41, 5.74) is 4.38. The second kappa shape index (κ2) is 6.28. The number of nitrogens with one attached hydrogen (secondary N) is 1. The van der Waals surface area contributed by atoms with Crippen molar-refractivity contribution in [3.8, 4) is 11.5 Å². The molecule has 0 atom stereocenters. The maximum absolute atomic E-state index is 12.5. The fraction of sp³-hybridized carbons (Fsp3) is 0.100. The zero-order valence-electron chi connectivity index (χ0n) is 13.4. The molecule has 0 saturated carbocycles. The Morgan fingerprint density at radius 1 is 1.04 bits per heavy atom. The molecule has 0 saturated heterocycles. The fourth-order valence-electron chi connectivity index (χ4n) is 2.93. The van der Waals surface area contributed by atoms with E-state index in [0.29, 0.717) is 13.0 Å². The highest BCUT2D eigenvalue weighted by atomic mass is 16.5. The number of hydrogen-bond acceptors (Lipinski definition) is 4. The first-order chi connectivity index (χ1) is 12.2. The zero-order chi connectivity index (χ0) is 17.2. The summed E-state index contributed by atoms with van der Waals surface area (Å²) in [7, 11) is 0. The lowest BCUT2D eigenvalue weighted by atomic mass is 10.0. The topological polar surface area (TPSA) is 70.9 Å². The van der Waals surface area contributed by atoms with Crippen LogP contribution in [-0.4, -0.2) is 23.3 Å². The minimum Gasteiger partial charge on any atom is -0.507 e. The van der Waals surface area contributed by atoms with E-state index in [1.165, 1.54) is 0 Å². The minimum absolute atomic E-state index is 0.0659. The van der Waals surface area contributed by atoms with Gasteiger partial charge in [-0.25, -0.2) is 5.43 Å². The number of phenolic OH excluding ortho intramolecular Hbond substituents is 1. The largest absolute Gasteiger partial charge is 0.507 e. The Kier molecular flexibility index (Phi) is 3.82. The molecule has 3 aromatic carbocycles. The molecule has 3 aromatic rings. The molecular weight excluding hydrogens is 316 g/mol. The highest BCUT2D eigenvalue weighted by molar-refractivity contribution is 6.06. The van der Waals surface area contributed by atoms with Gasteiger partial charge in [-0.15, -0.1) is 0 Å². The lowest BCUT2D eigenvalue weighted by Gasteiger charge is -2.18. The van der Waals surface area contributed by atoms with Gasteiger partial charge in [-0.3, -0.25) is 4.79 Å². The molecule has 0 radical (unpaired) electrons. The summed E-state index contributed by atoms with van der Waals surface area (Å²) in [6.07, 6.45) is 0.612. The lowest BCUT2D eigenvalue weighted by molar-refractivity contribution is 0.0952. The SMILES string of the molecule is O=C(N/N=C1/CCOc2ccccc21)c1cc2ccccc2cc1O. The first-order valence-corrected chi connectivity index (χ1v) is 8.03. The van der Waals surface area contributed by atoms with Crippen molar-refractivity contribution >= 4 is 22.4 Å². The van der Waals surface area contributed by atoms with Crippen molar-refractivity contribution in [1.29, 1.82) is 0 Å².